The van der Waals surface area contributed by atoms with E-state index < -0.39 is 0 Å². The lowest BCUT2D eigenvalue weighted by Gasteiger charge is -2.25. The molecule has 1 atom stereocenters. The van der Waals surface area contributed by atoms with Crippen molar-refractivity contribution < 1.29 is 9.59 Å². The third-order valence-corrected chi connectivity index (χ3v) is 3.36. The summed E-state index contributed by atoms with van der Waals surface area (Å²) in [7, 11) is 0. The zero-order valence-corrected chi connectivity index (χ0v) is 10.4. The SMILES string of the molecule is CCC(C(=O)Nc1cnns1)N1CCCC1=O. The molecule has 0 aliphatic carbocycles. The van der Waals surface area contributed by atoms with Crippen molar-refractivity contribution in [3.63, 3.8) is 0 Å². The normalized spacial score (nSPS) is 17.2. The molecule has 1 aromatic heterocycles. The van der Waals surface area contributed by atoms with Crippen LogP contribution in [0.4, 0.5) is 5.00 Å². The molecule has 7 heteroatoms. The van der Waals surface area contributed by atoms with Crippen molar-refractivity contribution in [2.24, 2.45) is 0 Å². The Hall–Kier alpha value is -1.50. The molecule has 0 bridgehead atoms. The van der Waals surface area contributed by atoms with Crippen LogP contribution in [0.1, 0.15) is 26.2 Å². The highest BCUT2D eigenvalue weighted by molar-refractivity contribution is 7.10. The molecule has 1 aliphatic heterocycles. The highest BCUT2D eigenvalue weighted by Crippen LogP contribution is 2.18. The van der Waals surface area contributed by atoms with Crippen molar-refractivity contribution in [3.05, 3.63) is 6.20 Å². The number of carbonyl (C=O) groups excluding carboxylic acids is 2. The maximum atomic E-state index is 12.0. The number of nitrogens with zero attached hydrogens (tertiary/aromatic N) is 3. The van der Waals surface area contributed by atoms with Crippen molar-refractivity contribution >= 4 is 28.3 Å². The predicted molar refractivity (Wildman–Crippen MR) is 63.6 cm³/mol. The van der Waals surface area contributed by atoms with Crippen LogP contribution in [0.25, 0.3) is 0 Å². The van der Waals surface area contributed by atoms with Crippen LogP contribution in [0.3, 0.4) is 0 Å². The van der Waals surface area contributed by atoms with E-state index in [0.717, 1.165) is 18.0 Å². The summed E-state index contributed by atoms with van der Waals surface area (Å²) in [6.45, 7) is 2.58. The number of rotatable bonds is 4. The van der Waals surface area contributed by atoms with Gasteiger partial charge in [-0.3, -0.25) is 9.59 Å². The Morgan fingerprint density at radius 2 is 2.53 bits per heavy atom. The van der Waals surface area contributed by atoms with Crippen molar-refractivity contribution in [2.45, 2.75) is 32.2 Å². The first-order chi connectivity index (χ1) is 8.22. The van der Waals surface area contributed by atoms with Crippen molar-refractivity contribution in [2.75, 3.05) is 11.9 Å². The van der Waals surface area contributed by atoms with Gasteiger partial charge in [0.15, 0.2) is 0 Å². The molecule has 1 aliphatic rings. The molecule has 1 saturated heterocycles. The number of hydrogen-bond donors (Lipinski definition) is 1. The molecule has 0 saturated carbocycles. The van der Waals surface area contributed by atoms with Crippen LogP contribution in [0.2, 0.25) is 0 Å². The topological polar surface area (TPSA) is 75.2 Å². The Balaban J connectivity index is 2.02. The molecule has 0 spiro atoms. The third kappa shape index (κ3) is 2.60. The minimum atomic E-state index is -0.382. The summed E-state index contributed by atoms with van der Waals surface area (Å²) in [5.41, 5.74) is 0. The maximum absolute atomic E-state index is 12.0. The van der Waals surface area contributed by atoms with E-state index in [4.69, 9.17) is 0 Å². The fourth-order valence-corrected chi connectivity index (χ4v) is 2.40. The second-order valence-corrected chi connectivity index (χ2v) is 4.67. The first-order valence-corrected chi connectivity index (χ1v) is 6.37. The molecule has 92 valence electrons. The fraction of sp³-hybridized carbons (Fsp3) is 0.600. The van der Waals surface area contributed by atoms with Crippen molar-refractivity contribution in [1.29, 1.82) is 0 Å². The Labute approximate surface area is 103 Å². The van der Waals surface area contributed by atoms with Gasteiger partial charge < -0.3 is 10.2 Å². The van der Waals surface area contributed by atoms with Gasteiger partial charge in [-0.05, 0) is 12.8 Å². The van der Waals surface area contributed by atoms with E-state index in [-0.39, 0.29) is 17.9 Å². The zero-order chi connectivity index (χ0) is 12.3. The monoisotopic (exact) mass is 254 g/mol. The van der Waals surface area contributed by atoms with Gasteiger partial charge in [0.05, 0.1) is 6.20 Å². The minimum Gasteiger partial charge on any atom is -0.331 e. The predicted octanol–water partition coefficient (Wildman–Crippen LogP) is 0.878. The van der Waals surface area contributed by atoms with Gasteiger partial charge in [-0.15, -0.1) is 5.10 Å². The van der Waals surface area contributed by atoms with Crippen LogP contribution in [-0.2, 0) is 9.59 Å². The van der Waals surface area contributed by atoms with E-state index in [2.05, 4.69) is 14.9 Å². The third-order valence-electron chi connectivity index (χ3n) is 2.78. The van der Waals surface area contributed by atoms with Gasteiger partial charge in [0.1, 0.15) is 11.0 Å². The summed E-state index contributed by atoms with van der Waals surface area (Å²) in [5.74, 6) is -0.0942. The summed E-state index contributed by atoms with van der Waals surface area (Å²) in [6, 6.07) is -0.382. The number of aromatic nitrogens is 2. The van der Waals surface area contributed by atoms with Gasteiger partial charge in [-0.1, -0.05) is 11.4 Å². The first-order valence-electron chi connectivity index (χ1n) is 5.60. The highest BCUT2D eigenvalue weighted by atomic mass is 32.1. The van der Waals surface area contributed by atoms with Gasteiger partial charge in [0.2, 0.25) is 11.8 Å². The smallest absolute Gasteiger partial charge is 0.247 e. The second kappa shape index (κ2) is 5.22. The molecule has 0 radical (unpaired) electrons. The van der Waals surface area contributed by atoms with Gasteiger partial charge in [-0.25, -0.2) is 0 Å². The summed E-state index contributed by atoms with van der Waals surface area (Å²) in [6.07, 6.45) is 3.50. The highest BCUT2D eigenvalue weighted by Gasteiger charge is 2.31. The molecular weight excluding hydrogens is 240 g/mol. The van der Waals surface area contributed by atoms with Crippen LogP contribution >= 0.6 is 11.5 Å². The van der Waals surface area contributed by atoms with Crippen LogP contribution in [0.15, 0.2) is 6.20 Å². The molecule has 2 heterocycles. The van der Waals surface area contributed by atoms with Crippen LogP contribution in [0.5, 0.6) is 0 Å². The van der Waals surface area contributed by atoms with Crippen LogP contribution < -0.4 is 5.32 Å². The number of nitrogens with one attached hydrogen (secondary N) is 1. The molecular formula is C10H14N4O2S. The fourth-order valence-electron chi connectivity index (χ4n) is 1.97. The summed E-state index contributed by atoms with van der Waals surface area (Å²) >= 11 is 1.13. The van der Waals surface area contributed by atoms with E-state index in [1.165, 1.54) is 6.20 Å². The average molecular weight is 254 g/mol. The lowest BCUT2D eigenvalue weighted by atomic mass is 10.2. The average Bonchev–Trinajstić information content (AvgIpc) is 2.92. The van der Waals surface area contributed by atoms with Gasteiger partial charge in [0.25, 0.3) is 0 Å². The first kappa shape index (κ1) is 12.0. The van der Waals surface area contributed by atoms with E-state index in [1.54, 1.807) is 4.90 Å². The van der Waals surface area contributed by atoms with Gasteiger partial charge in [0, 0.05) is 24.5 Å². The molecule has 1 unspecified atom stereocenters. The van der Waals surface area contributed by atoms with E-state index in [1.807, 2.05) is 6.92 Å². The molecule has 2 amide bonds. The number of likely N-dealkylation sites (tertiary alicyclic amines) is 1. The summed E-state index contributed by atoms with van der Waals surface area (Å²) in [4.78, 5) is 25.3. The summed E-state index contributed by atoms with van der Waals surface area (Å²) < 4.78 is 3.67. The standard InChI is InChI=1S/C10H14N4O2S/c1-2-7(14-5-3-4-9(14)15)10(16)12-8-6-11-13-17-8/h6-7H,2-5H2,1H3,(H,12,16). The number of carbonyl (C=O) groups is 2. The minimum absolute atomic E-state index is 0.0643. The Bertz CT molecular complexity index is 406. The Morgan fingerprint density at radius 1 is 1.71 bits per heavy atom. The molecule has 17 heavy (non-hydrogen) atoms. The van der Waals surface area contributed by atoms with Crippen LogP contribution in [-0.4, -0.2) is 38.9 Å². The number of anilines is 1. The molecule has 0 aromatic carbocycles. The lowest BCUT2D eigenvalue weighted by Crippen LogP contribution is -2.44. The lowest BCUT2D eigenvalue weighted by molar-refractivity contribution is -0.135. The van der Waals surface area contributed by atoms with E-state index in [9.17, 15) is 9.59 Å². The molecule has 1 fully saturated rings. The second-order valence-electron chi connectivity index (χ2n) is 3.89. The van der Waals surface area contributed by atoms with E-state index in [0.29, 0.717) is 24.4 Å². The van der Waals surface area contributed by atoms with Gasteiger partial charge in [-0.2, -0.15) is 0 Å². The largest absolute Gasteiger partial charge is 0.331 e. The maximum Gasteiger partial charge on any atom is 0.247 e. The molecule has 1 aromatic rings. The summed E-state index contributed by atoms with van der Waals surface area (Å²) in [5, 5.41) is 6.99. The van der Waals surface area contributed by atoms with Crippen molar-refractivity contribution in [3.8, 4) is 0 Å². The van der Waals surface area contributed by atoms with Crippen molar-refractivity contribution in [1.82, 2.24) is 14.5 Å². The quantitative estimate of drug-likeness (QED) is 0.865. The van der Waals surface area contributed by atoms with Crippen LogP contribution in [0, 0.1) is 0 Å². The molecule has 6 nitrogen and oxygen atoms in total. The zero-order valence-electron chi connectivity index (χ0n) is 9.55. The number of hydrogen-bond acceptors (Lipinski definition) is 5. The van der Waals surface area contributed by atoms with E-state index >= 15 is 0 Å². The molecule has 1 N–H and O–H groups in total. The Kier molecular flexibility index (Phi) is 3.68. The van der Waals surface area contributed by atoms with Gasteiger partial charge >= 0.3 is 0 Å². The number of amides is 2. The Morgan fingerprint density at radius 3 is 3.06 bits per heavy atom. The molecule has 2 rings (SSSR count).